The SMILES string of the molecule is COCCCN(C)c1ncc(F)cc1CNC(C)(C)C. The van der Waals surface area contributed by atoms with Crippen LogP contribution >= 0.6 is 0 Å². The Labute approximate surface area is 121 Å². The van der Waals surface area contributed by atoms with Gasteiger partial charge in [0, 0.05) is 45.0 Å². The molecular weight excluding hydrogens is 257 g/mol. The number of methoxy groups -OCH3 is 1. The number of hydrogen-bond donors (Lipinski definition) is 1. The molecule has 0 amide bonds. The zero-order valence-electron chi connectivity index (χ0n) is 13.2. The van der Waals surface area contributed by atoms with Gasteiger partial charge in [-0.25, -0.2) is 9.37 Å². The lowest BCUT2D eigenvalue weighted by atomic mass is 10.1. The Balaban J connectivity index is 2.78. The molecule has 0 spiro atoms. The monoisotopic (exact) mass is 283 g/mol. The summed E-state index contributed by atoms with van der Waals surface area (Å²) in [7, 11) is 3.66. The smallest absolute Gasteiger partial charge is 0.141 e. The first-order valence-electron chi connectivity index (χ1n) is 6.93. The van der Waals surface area contributed by atoms with Gasteiger partial charge in [-0.3, -0.25) is 0 Å². The van der Waals surface area contributed by atoms with Crippen LogP contribution in [0.2, 0.25) is 0 Å². The highest BCUT2D eigenvalue weighted by atomic mass is 19.1. The number of nitrogens with zero attached hydrogens (tertiary/aromatic N) is 2. The van der Waals surface area contributed by atoms with Crippen LogP contribution in [-0.2, 0) is 11.3 Å². The Bertz CT molecular complexity index is 418. The van der Waals surface area contributed by atoms with E-state index < -0.39 is 0 Å². The fraction of sp³-hybridized carbons (Fsp3) is 0.667. The largest absolute Gasteiger partial charge is 0.385 e. The molecule has 0 atom stereocenters. The summed E-state index contributed by atoms with van der Waals surface area (Å²) >= 11 is 0. The molecule has 1 heterocycles. The molecule has 0 aromatic carbocycles. The molecule has 0 aliphatic rings. The van der Waals surface area contributed by atoms with E-state index in [4.69, 9.17) is 4.74 Å². The Morgan fingerprint density at radius 2 is 2.10 bits per heavy atom. The molecular formula is C15H26FN3O. The van der Waals surface area contributed by atoms with Crippen molar-refractivity contribution in [1.82, 2.24) is 10.3 Å². The summed E-state index contributed by atoms with van der Waals surface area (Å²) in [5.41, 5.74) is 0.859. The number of hydrogen-bond acceptors (Lipinski definition) is 4. The van der Waals surface area contributed by atoms with Gasteiger partial charge in [-0.05, 0) is 33.3 Å². The molecule has 0 aliphatic carbocycles. The predicted molar refractivity (Wildman–Crippen MR) is 80.6 cm³/mol. The molecule has 0 saturated carbocycles. The maximum Gasteiger partial charge on any atom is 0.141 e. The predicted octanol–water partition coefficient (Wildman–Crippen LogP) is 2.58. The van der Waals surface area contributed by atoms with Gasteiger partial charge < -0.3 is 15.0 Å². The van der Waals surface area contributed by atoms with E-state index in [0.717, 1.165) is 24.3 Å². The quantitative estimate of drug-likeness (QED) is 0.781. The van der Waals surface area contributed by atoms with Crippen molar-refractivity contribution in [2.24, 2.45) is 0 Å². The van der Waals surface area contributed by atoms with E-state index in [1.807, 2.05) is 11.9 Å². The Morgan fingerprint density at radius 3 is 2.70 bits per heavy atom. The summed E-state index contributed by atoms with van der Waals surface area (Å²) in [4.78, 5) is 6.27. The van der Waals surface area contributed by atoms with E-state index in [-0.39, 0.29) is 11.4 Å². The van der Waals surface area contributed by atoms with E-state index in [1.54, 1.807) is 13.2 Å². The molecule has 0 aliphatic heterocycles. The number of halogens is 1. The first-order chi connectivity index (χ1) is 9.33. The molecule has 4 nitrogen and oxygen atoms in total. The van der Waals surface area contributed by atoms with E-state index in [2.05, 4.69) is 31.1 Å². The van der Waals surface area contributed by atoms with E-state index in [0.29, 0.717) is 13.2 Å². The normalized spacial score (nSPS) is 11.7. The fourth-order valence-corrected chi connectivity index (χ4v) is 1.86. The topological polar surface area (TPSA) is 37.4 Å². The summed E-state index contributed by atoms with van der Waals surface area (Å²) in [6.45, 7) is 8.39. The lowest BCUT2D eigenvalue weighted by Gasteiger charge is -2.24. The molecule has 1 rings (SSSR count). The van der Waals surface area contributed by atoms with Gasteiger partial charge in [-0.15, -0.1) is 0 Å². The van der Waals surface area contributed by atoms with Crippen molar-refractivity contribution >= 4 is 5.82 Å². The van der Waals surface area contributed by atoms with Crippen LogP contribution in [0.5, 0.6) is 0 Å². The average molecular weight is 283 g/mol. The molecule has 1 aromatic rings. The van der Waals surface area contributed by atoms with Crippen LogP contribution < -0.4 is 10.2 Å². The van der Waals surface area contributed by atoms with Gasteiger partial charge in [0.15, 0.2) is 0 Å². The lowest BCUT2D eigenvalue weighted by Crippen LogP contribution is -2.35. The first-order valence-corrected chi connectivity index (χ1v) is 6.93. The lowest BCUT2D eigenvalue weighted by molar-refractivity contribution is 0.196. The molecule has 20 heavy (non-hydrogen) atoms. The van der Waals surface area contributed by atoms with Crippen LogP contribution in [0.25, 0.3) is 0 Å². The maximum atomic E-state index is 13.4. The Hall–Kier alpha value is -1.20. The van der Waals surface area contributed by atoms with E-state index in [9.17, 15) is 4.39 Å². The van der Waals surface area contributed by atoms with Crippen molar-refractivity contribution in [1.29, 1.82) is 0 Å². The third-order valence-electron chi connectivity index (χ3n) is 2.92. The van der Waals surface area contributed by atoms with Gasteiger partial charge in [0.2, 0.25) is 0 Å². The van der Waals surface area contributed by atoms with Crippen molar-refractivity contribution in [3.05, 3.63) is 23.6 Å². The number of pyridine rings is 1. The summed E-state index contributed by atoms with van der Waals surface area (Å²) in [5, 5.41) is 3.37. The van der Waals surface area contributed by atoms with Crippen molar-refractivity contribution < 1.29 is 9.13 Å². The molecule has 0 fully saturated rings. The molecule has 0 bridgehead atoms. The van der Waals surface area contributed by atoms with Crippen LogP contribution in [0, 0.1) is 5.82 Å². The zero-order chi connectivity index (χ0) is 15.2. The number of ether oxygens (including phenoxy) is 1. The molecule has 1 aromatic heterocycles. The first kappa shape index (κ1) is 16.9. The highest BCUT2D eigenvalue weighted by molar-refractivity contribution is 5.46. The highest BCUT2D eigenvalue weighted by Crippen LogP contribution is 2.18. The average Bonchev–Trinajstić information content (AvgIpc) is 2.35. The number of anilines is 1. The molecule has 5 heteroatoms. The third-order valence-corrected chi connectivity index (χ3v) is 2.92. The second kappa shape index (κ2) is 7.55. The van der Waals surface area contributed by atoms with Gasteiger partial charge in [0.1, 0.15) is 11.6 Å². The van der Waals surface area contributed by atoms with E-state index >= 15 is 0 Å². The minimum Gasteiger partial charge on any atom is -0.385 e. The van der Waals surface area contributed by atoms with Crippen LogP contribution in [0.15, 0.2) is 12.3 Å². The molecule has 1 N–H and O–H groups in total. The molecule has 114 valence electrons. The van der Waals surface area contributed by atoms with Crippen LogP contribution in [0.4, 0.5) is 10.2 Å². The summed E-state index contributed by atoms with van der Waals surface area (Å²) < 4.78 is 18.5. The van der Waals surface area contributed by atoms with Gasteiger partial charge >= 0.3 is 0 Å². The van der Waals surface area contributed by atoms with Crippen molar-refractivity contribution in [2.75, 3.05) is 32.2 Å². The van der Waals surface area contributed by atoms with Crippen molar-refractivity contribution in [3.63, 3.8) is 0 Å². The summed E-state index contributed by atoms with van der Waals surface area (Å²) in [6, 6.07) is 1.55. The van der Waals surface area contributed by atoms with Crippen molar-refractivity contribution in [2.45, 2.75) is 39.3 Å². The summed E-state index contributed by atoms with van der Waals surface area (Å²) in [6.07, 6.45) is 2.18. The van der Waals surface area contributed by atoms with Crippen LogP contribution in [0.3, 0.4) is 0 Å². The van der Waals surface area contributed by atoms with Gasteiger partial charge in [0.05, 0.1) is 6.20 Å². The Morgan fingerprint density at radius 1 is 1.40 bits per heavy atom. The van der Waals surface area contributed by atoms with Gasteiger partial charge in [0.25, 0.3) is 0 Å². The molecule has 0 unspecified atom stereocenters. The minimum absolute atomic E-state index is 0.0157. The molecule has 0 radical (unpaired) electrons. The standard InChI is InChI=1S/C15H26FN3O/c1-15(2,3)18-10-12-9-13(16)11-17-14(12)19(4)7-6-8-20-5/h9,11,18H,6-8,10H2,1-5H3. The second-order valence-electron chi connectivity index (χ2n) is 6.01. The maximum absolute atomic E-state index is 13.4. The fourth-order valence-electron chi connectivity index (χ4n) is 1.86. The van der Waals surface area contributed by atoms with Crippen LogP contribution in [0.1, 0.15) is 32.8 Å². The zero-order valence-corrected chi connectivity index (χ0v) is 13.2. The summed E-state index contributed by atoms with van der Waals surface area (Å²) in [5.74, 6) is 0.518. The van der Waals surface area contributed by atoms with Gasteiger partial charge in [-0.2, -0.15) is 0 Å². The minimum atomic E-state index is -0.301. The van der Waals surface area contributed by atoms with Crippen LogP contribution in [-0.4, -0.2) is 37.8 Å². The molecule has 0 saturated heterocycles. The Kier molecular flexibility index (Phi) is 6.36. The highest BCUT2D eigenvalue weighted by Gasteiger charge is 2.14. The van der Waals surface area contributed by atoms with E-state index in [1.165, 1.54) is 6.20 Å². The third kappa shape index (κ3) is 5.84. The van der Waals surface area contributed by atoms with Crippen molar-refractivity contribution in [3.8, 4) is 0 Å². The second-order valence-corrected chi connectivity index (χ2v) is 6.01. The number of nitrogens with one attached hydrogen (secondary N) is 1. The number of rotatable bonds is 7. The van der Waals surface area contributed by atoms with Gasteiger partial charge in [-0.1, -0.05) is 0 Å². The number of aromatic nitrogens is 1.